The summed E-state index contributed by atoms with van der Waals surface area (Å²) in [4.78, 5) is 11.8. The Bertz CT molecular complexity index is 750. The van der Waals surface area contributed by atoms with Gasteiger partial charge in [-0.25, -0.2) is 14.4 Å². The number of imidazole rings is 1. The number of hydrogen-bond acceptors (Lipinski definition) is 4. The molecule has 0 saturated carbocycles. The molecule has 3 aromatic rings. The van der Waals surface area contributed by atoms with Gasteiger partial charge in [0.1, 0.15) is 17.5 Å². The Labute approximate surface area is 108 Å². The molecular formula is C13H12FN5. The van der Waals surface area contributed by atoms with Crippen LogP contribution in [0.25, 0.3) is 22.6 Å². The Hall–Kier alpha value is -2.63. The van der Waals surface area contributed by atoms with Crippen molar-refractivity contribution in [3.63, 3.8) is 0 Å². The molecule has 0 aliphatic carbocycles. The lowest BCUT2D eigenvalue weighted by atomic mass is 10.1. The summed E-state index contributed by atoms with van der Waals surface area (Å²) in [6.07, 6.45) is 0. The molecular weight excluding hydrogens is 245 g/mol. The largest absolute Gasteiger partial charge is 0.398 e. The number of rotatable bonds is 2. The molecule has 3 rings (SSSR count). The Morgan fingerprint density at radius 1 is 1.21 bits per heavy atom. The first kappa shape index (κ1) is 11.5. The molecule has 96 valence electrons. The average Bonchev–Trinajstić information content (AvgIpc) is 2.80. The summed E-state index contributed by atoms with van der Waals surface area (Å²) in [7, 11) is 1.79. The van der Waals surface area contributed by atoms with Crippen LogP contribution in [0.3, 0.4) is 0 Å². The molecule has 0 saturated heterocycles. The number of hydrogen-bond donors (Lipinski definition) is 3. The molecule has 0 bridgehead atoms. The van der Waals surface area contributed by atoms with E-state index in [0.717, 1.165) is 11.3 Å². The van der Waals surface area contributed by atoms with Crippen LogP contribution >= 0.6 is 0 Å². The number of fused-ring (bicyclic) bond motifs is 1. The number of anilines is 2. The summed E-state index contributed by atoms with van der Waals surface area (Å²) in [5.74, 6) is 0.943. The number of halogens is 1. The van der Waals surface area contributed by atoms with Crippen LogP contribution in [0.4, 0.5) is 15.9 Å². The van der Waals surface area contributed by atoms with Gasteiger partial charge in [0.2, 0.25) is 0 Å². The Balaban J connectivity index is 2.14. The molecule has 0 amide bonds. The third-order valence-electron chi connectivity index (χ3n) is 2.87. The van der Waals surface area contributed by atoms with E-state index in [1.165, 1.54) is 12.1 Å². The van der Waals surface area contributed by atoms with Crippen LogP contribution in [-0.4, -0.2) is 22.0 Å². The second kappa shape index (κ2) is 4.24. The second-order valence-corrected chi connectivity index (χ2v) is 4.13. The van der Waals surface area contributed by atoms with Crippen LogP contribution in [0.5, 0.6) is 0 Å². The van der Waals surface area contributed by atoms with Gasteiger partial charge >= 0.3 is 0 Å². The van der Waals surface area contributed by atoms with Crippen molar-refractivity contribution in [1.29, 1.82) is 0 Å². The number of nitrogen functional groups attached to an aromatic ring is 1. The fraction of sp³-hybridized carbons (Fsp3) is 0.0769. The third kappa shape index (κ3) is 1.97. The zero-order chi connectivity index (χ0) is 13.4. The zero-order valence-electron chi connectivity index (χ0n) is 10.2. The van der Waals surface area contributed by atoms with E-state index in [9.17, 15) is 4.39 Å². The summed E-state index contributed by atoms with van der Waals surface area (Å²) in [5, 5.41) is 2.95. The van der Waals surface area contributed by atoms with Crippen LogP contribution < -0.4 is 11.1 Å². The van der Waals surface area contributed by atoms with Gasteiger partial charge in [-0.1, -0.05) is 0 Å². The highest BCUT2D eigenvalue weighted by Gasteiger charge is 2.10. The van der Waals surface area contributed by atoms with Crippen molar-refractivity contribution in [3.05, 3.63) is 36.1 Å². The molecule has 2 aromatic heterocycles. The van der Waals surface area contributed by atoms with Crippen molar-refractivity contribution in [2.24, 2.45) is 0 Å². The van der Waals surface area contributed by atoms with Gasteiger partial charge in [-0.3, -0.25) is 0 Å². The lowest BCUT2D eigenvalue weighted by Gasteiger charge is -2.01. The topological polar surface area (TPSA) is 79.6 Å². The number of aromatic amines is 1. The summed E-state index contributed by atoms with van der Waals surface area (Å²) in [5.41, 5.74) is 8.19. The van der Waals surface area contributed by atoms with Crippen LogP contribution in [0.15, 0.2) is 30.3 Å². The van der Waals surface area contributed by atoms with Gasteiger partial charge in [0.05, 0.1) is 5.52 Å². The van der Waals surface area contributed by atoms with Gasteiger partial charge in [0.25, 0.3) is 0 Å². The van der Waals surface area contributed by atoms with Crippen LogP contribution in [0.1, 0.15) is 0 Å². The van der Waals surface area contributed by atoms with Crippen LogP contribution in [0, 0.1) is 5.82 Å². The Morgan fingerprint density at radius 3 is 2.79 bits per heavy atom. The lowest BCUT2D eigenvalue weighted by molar-refractivity contribution is 0.628. The predicted octanol–water partition coefficient (Wildman–Crippen LogP) is 2.39. The highest BCUT2D eigenvalue weighted by atomic mass is 19.1. The molecule has 0 fully saturated rings. The second-order valence-electron chi connectivity index (χ2n) is 4.13. The van der Waals surface area contributed by atoms with E-state index in [1.807, 2.05) is 12.1 Å². The first-order valence-electron chi connectivity index (χ1n) is 5.77. The molecule has 6 heteroatoms. The fourth-order valence-electron chi connectivity index (χ4n) is 1.91. The predicted molar refractivity (Wildman–Crippen MR) is 73.2 cm³/mol. The summed E-state index contributed by atoms with van der Waals surface area (Å²) < 4.78 is 13.0. The SMILES string of the molecule is CNc1ccc2[nH]c(-c3ccc(F)cc3N)nc2n1. The van der Waals surface area contributed by atoms with Gasteiger partial charge in [0, 0.05) is 18.3 Å². The standard InChI is InChI=1S/C13H12FN5/c1-16-11-5-4-10-13(18-11)19-12(17-10)8-3-2-7(14)6-9(8)15/h2-6H,15H2,1H3,(H2,16,17,18,19). The maximum absolute atomic E-state index is 13.0. The van der Waals surface area contributed by atoms with E-state index in [2.05, 4.69) is 20.3 Å². The minimum absolute atomic E-state index is 0.341. The molecule has 0 aliphatic rings. The van der Waals surface area contributed by atoms with E-state index < -0.39 is 0 Å². The molecule has 0 aliphatic heterocycles. The normalized spacial score (nSPS) is 10.8. The fourth-order valence-corrected chi connectivity index (χ4v) is 1.91. The molecule has 4 N–H and O–H groups in total. The molecule has 0 spiro atoms. The third-order valence-corrected chi connectivity index (χ3v) is 2.87. The van der Waals surface area contributed by atoms with Crippen molar-refractivity contribution < 1.29 is 4.39 Å². The Kier molecular flexibility index (Phi) is 2.56. The number of nitrogens with one attached hydrogen (secondary N) is 2. The smallest absolute Gasteiger partial charge is 0.180 e. The molecule has 0 atom stereocenters. The van der Waals surface area contributed by atoms with Crippen molar-refractivity contribution in [1.82, 2.24) is 15.0 Å². The first-order valence-corrected chi connectivity index (χ1v) is 5.77. The average molecular weight is 257 g/mol. The van der Waals surface area contributed by atoms with Crippen LogP contribution in [0.2, 0.25) is 0 Å². The van der Waals surface area contributed by atoms with Gasteiger partial charge in [0.15, 0.2) is 5.65 Å². The summed E-state index contributed by atoms with van der Waals surface area (Å²) in [6.45, 7) is 0. The Morgan fingerprint density at radius 2 is 2.05 bits per heavy atom. The van der Waals surface area contributed by atoms with E-state index in [1.54, 1.807) is 13.1 Å². The van der Waals surface area contributed by atoms with Crippen molar-refractivity contribution in [2.75, 3.05) is 18.1 Å². The van der Waals surface area contributed by atoms with Gasteiger partial charge in [-0.05, 0) is 30.3 Å². The number of aromatic nitrogens is 3. The van der Waals surface area contributed by atoms with Crippen molar-refractivity contribution >= 4 is 22.7 Å². The van der Waals surface area contributed by atoms with Crippen molar-refractivity contribution in [3.8, 4) is 11.4 Å². The summed E-state index contributed by atoms with van der Waals surface area (Å²) in [6, 6.07) is 7.95. The molecule has 0 unspecified atom stereocenters. The van der Waals surface area contributed by atoms with E-state index in [-0.39, 0.29) is 5.82 Å². The van der Waals surface area contributed by atoms with Gasteiger partial charge in [-0.2, -0.15) is 0 Å². The molecule has 0 radical (unpaired) electrons. The molecule has 19 heavy (non-hydrogen) atoms. The number of nitrogens with zero attached hydrogens (tertiary/aromatic N) is 2. The van der Waals surface area contributed by atoms with Crippen molar-refractivity contribution in [2.45, 2.75) is 0 Å². The summed E-state index contributed by atoms with van der Waals surface area (Å²) >= 11 is 0. The minimum atomic E-state index is -0.368. The maximum atomic E-state index is 13.0. The number of pyridine rings is 1. The van der Waals surface area contributed by atoms with Gasteiger partial charge in [-0.15, -0.1) is 0 Å². The minimum Gasteiger partial charge on any atom is -0.398 e. The highest BCUT2D eigenvalue weighted by Crippen LogP contribution is 2.26. The monoisotopic (exact) mass is 257 g/mol. The van der Waals surface area contributed by atoms with E-state index >= 15 is 0 Å². The zero-order valence-corrected chi connectivity index (χ0v) is 10.2. The quantitative estimate of drug-likeness (QED) is 0.616. The highest BCUT2D eigenvalue weighted by molar-refractivity contribution is 5.81. The molecule has 2 heterocycles. The number of H-pyrrole nitrogens is 1. The first-order chi connectivity index (χ1) is 9.17. The van der Waals surface area contributed by atoms with E-state index in [4.69, 9.17) is 5.73 Å². The van der Waals surface area contributed by atoms with E-state index in [0.29, 0.717) is 22.7 Å². The van der Waals surface area contributed by atoms with Gasteiger partial charge < -0.3 is 16.0 Å². The number of benzene rings is 1. The number of nitrogens with two attached hydrogens (primary N) is 1. The lowest BCUT2D eigenvalue weighted by Crippen LogP contribution is -1.92. The molecule has 1 aromatic carbocycles. The van der Waals surface area contributed by atoms with Crippen LogP contribution in [-0.2, 0) is 0 Å². The maximum Gasteiger partial charge on any atom is 0.180 e. The molecule has 5 nitrogen and oxygen atoms in total.